The summed E-state index contributed by atoms with van der Waals surface area (Å²) in [6.45, 7) is 4.52. The molecule has 0 saturated heterocycles. The van der Waals surface area contributed by atoms with Gasteiger partial charge in [0.05, 0.1) is 5.69 Å². The van der Waals surface area contributed by atoms with Crippen molar-refractivity contribution in [3.8, 4) is 0 Å². The van der Waals surface area contributed by atoms with Crippen LogP contribution in [0.4, 0.5) is 0 Å². The lowest BCUT2D eigenvalue weighted by Crippen LogP contribution is -2.16. The lowest BCUT2D eigenvalue weighted by atomic mass is 10.1. The van der Waals surface area contributed by atoms with Gasteiger partial charge in [-0.2, -0.15) is 0 Å². The number of aromatic amines is 1. The summed E-state index contributed by atoms with van der Waals surface area (Å²) >= 11 is 1.40. The molecular formula is C12H17N5OS. The summed E-state index contributed by atoms with van der Waals surface area (Å²) < 4.78 is 1.58. The molecule has 2 aromatic rings. The molecule has 0 fully saturated rings. The second-order valence-corrected chi connectivity index (χ2v) is 5.13. The molecule has 2 aromatic heterocycles. The number of aromatic nitrogens is 4. The number of hydrogen-bond acceptors (Lipinski definition) is 5. The number of H-pyrrole nitrogens is 1. The maximum Gasteiger partial charge on any atom is 0.343 e. The van der Waals surface area contributed by atoms with Crippen molar-refractivity contribution < 1.29 is 0 Å². The fourth-order valence-corrected chi connectivity index (χ4v) is 2.51. The highest BCUT2D eigenvalue weighted by atomic mass is 32.2. The fourth-order valence-electron chi connectivity index (χ4n) is 1.65. The first-order chi connectivity index (χ1) is 9.15. The third kappa shape index (κ3) is 3.05. The molecule has 3 N–H and O–H groups in total. The first-order valence-electron chi connectivity index (χ1n) is 6.20. The lowest BCUT2D eigenvalue weighted by Gasteiger charge is -2.08. The van der Waals surface area contributed by atoms with Gasteiger partial charge in [-0.15, -0.1) is 5.10 Å². The van der Waals surface area contributed by atoms with E-state index in [9.17, 15) is 4.79 Å². The van der Waals surface area contributed by atoms with Crippen LogP contribution < -0.4 is 11.4 Å². The highest BCUT2D eigenvalue weighted by molar-refractivity contribution is 7.99. The molecule has 0 bridgehead atoms. The molecule has 102 valence electrons. The Morgan fingerprint density at radius 3 is 2.84 bits per heavy atom. The summed E-state index contributed by atoms with van der Waals surface area (Å²) in [7, 11) is 0. The number of pyridine rings is 1. The topological polar surface area (TPSA) is 89.6 Å². The van der Waals surface area contributed by atoms with Crippen molar-refractivity contribution in [3.05, 3.63) is 34.5 Å². The Balaban J connectivity index is 2.17. The van der Waals surface area contributed by atoms with E-state index in [0.29, 0.717) is 11.7 Å². The van der Waals surface area contributed by atoms with Crippen molar-refractivity contribution in [1.29, 1.82) is 0 Å². The molecule has 0 aromatic carbocycles. The van der Waals surface area contributed by atoms with Crippen molar-refractivity contribution in [2.45, 2.75) is 42.9 Å². The molecule has 7 heteroatoms. The second-order valence-electron chi connectivity index (χ2n) is 4.09. The van der Waals surface area contributed by atoms with E-state index < -0.39 is 0 Å². The maximum absolute atomic E-state index is 11.4. The Labute approximate surface area is 115 Å². The molecule has 2 heterocycles. The van der Waals surface area contributed by atoms with E-state index in [1.807, 2.05) is 26.0 Å². The molecule has 1 atom stereocenters. The Kier molecular flexibility index (Phi) is 4.39. The van der Waals surface area contributed by atoms with Crippen molar-refractivity contribution >= 4 is 11.8 Å². The molecule has 0 aliphatic carbocycles. The molecule has 0 aliphatic rings. The minimum atomic E-state index is -0.192. The third-order valence-corrected chi connectivity index (χ3v) is 3.80. The van der Waals surface area contributed by atoms with E-state index in [1.165, 1.54) is 11.8 Å². The average Bonchev–Trinajstić information content (AvgIpc) is 2.79. The smallest absolute Gasteiger partial charge is 0.323 e. The molecule has 2 rings (SSSR count). The number of nitrogens with one attached hydrogen (secondary N) is 1. The van der Waals surface area contributed by atoms with Crippen LogP contribution in [0.15, 0.2) is 33.2 Å². The average molecular weight is 279 g/mol. The predicted octanol–water partition coefficient (Wildman–Crippen LogP) is 1.55. The number of nitrogens with zero attached hydrogens (tertiary/aromatic N) is 3. The second kappa shape index (κ2) is 6.03. The van der Waals surface area contributed by atoms with Gasteiger partial charge in [-0.25, -0.2) is 9.89 Å². The van der Waals surface area contributed by atoms with Crippen molar-refractivity contribution in [3.63, 3.8) is 0 Å². The van der Waals surface area contributed by atoms with E-state index in [4.69, 9.17) is 5.73 Å². The van der Waals surface area contributed by atoms with Crippen LogP contribution in [0, 0.1) is 0 Å². The number of nitrogens with two attached hydrogens (primary N) is 1. The van der Waals surface area contributed by atoms with E-state index in [1.54, 1.807) is 10.8 Å². The molecule has 6 nitrogen and oxygen atoms in total. The standard InChI is InChI=1S/C12H17N5OS/c1-3-9(13)10-6-5-8(7-14-10)19-12-16-15-11(18)17(12)4-2/h5-7,9H,3-4,13H2,1-2H3,(H,15,18)/t9-/m0/s1. The molecule has 0 aliphatic heterocycles. The van der Waals surface area contributed by atoms with Crippen LogP contribution in [-0.2, 0) is 6.54 Å². The van der Waals surface area contributed by atoms with Crippen molar-refractivity contribution in [2.24, 2.45) is 5.73 Å². The largest absolute Gasteiger partial charge is 0.343 e. The lowest BCUT2D eigenvalue weighted by molar-refractivity contribution is 0.660. The molecule has 0 saturated carbocycles. The number of rotatable bonds is 5. The van der Waals surface area contributed by atoms with Gasteiger partial charge in [-0.1, -0.05) is 6.92 Å². The zero-order chi connectivity index (χ0) is 13.8. The predicted molar refractivity (Wildman–Crippen MR) is 74.1 cm³/mol. The molecule has 0 spiro atoms. The van der Waals surface area contributed by atoms with Crippen LogP contribution in [0.3, 0.4) is 0 Å². The molecule has 19 heavy (non-hydrogen) atoms. The van der Waals surface area contributed by atoms with Crippen LogP contribution in [0.2, 0.25) is 0 Å². The van der Waals surface area contributed by atoms with Gasteiger partial charge in [-0.05, 0) is 37.2 Å². The van der Waals surface area contributed by atoms with E-state index in [-0.39, 0.29) is 11.7 Å². The first-order valence-corrected chi connectivity index (χ1v) is 7.02. The molecule has 0 unspecified atom stereocenters. The zero-order valence-electron chi connectivity index (χ0n) is 11.0. The Bertz CT molecular complexity index is 589. The summed E-state index contributed by atoms with van der Waals surface area (Å²) in [5.74, 6) is 0. The van der Waals surface area contributed by atoms with Crippen LogP contribution in [0.1, 0.15) is 32.0 Å². The highest BCUT2D eigenvalue weighted by Crippen LogP contribution is 2.25. The SMILES string of the molecule is CC[C@H](N)c1ccc(Sc2n[nH]c(=O)n2CC)cn1. The Morgan fingerprint density at radius 2 is 2.26 bits per heavy atom. The van der Waals surface area contributed by atoms with Gasteiger partial charge in [0.15, 0.2) is 5.16 Å². The third-order valence-electron chi connectivity index (χ3n) is 2.83. The van der Waals surface area contributed by atoms with Crippen LogP contribution in [0.25, 0.3) is 0 Å². The summed E-state index contributed by atoms with van der Waals surface area (Å²) in [5, 5.41) is 7.08. The quantitative estimate of drug-likeness (QED) is 0.866. The van der Waals surface area contributed by atoms with E-state index >= 15 is 0 Å². The molecular weight excluding hydrogens is 262 g/mol. The van der Waals surface area contributed by atoms with Crippen molar-refractivity contribution in [1.82, 2.24) is 19.7 Å². The summed E-state index contributed by atoms with van der Waals surface area (Å²) in [4.78, 5) is 16.7. The van der Waals surface area contributed by atoms with Crippen LogP contribution in [-0.4, -0.2) is 19.7 Å². The Morgan fingerprint density at radius 1 is 1.47 bits per heavy atom. The highest BCUT2D eigenvalue weighted by Gasteiger charge is 2.09. The monoisotopic (exact) mass is 279 g/mol. The summed E-state index contributed by atoms with van der Waals surface area (Å²) in [6.07, 6.45) is 2.61. The summed E-state index contributed by atoms with van der Waals surface area (Å²) in [6, 6.07) is 3.83. The van der Waals surface area contributed by atoms with Gasteiger partial charge in [0, 0.05) is 23.7 Å². The van der Waals surface area contributed by atoms with Gasteiger partial charge in [0.1, 0.15) is 0 Å². The first kappa shape index (κ1) is 13.8. The van der Waals surface area contributed by atoms with Crippen molar-refractivity contribution in [2.75, 3.05) is 0 Å². The minimum absolute atomic E-state index is 0.0294. The van der Waals surface area contributed by atoms with Gasteiger partial charge in [-0.3, -0.25) is 9.55 Å². The van der Waals surface area contributed by atoms with Crippen LogP contribution >= 0.6 is 11.8 Å². The van der Waals surface area contributed by atoms with Gasteiger partial charge < -0.3 is 5.73 Å². The molecule has 0 radical (unpaired) electrons. The molecule has 0 amide bonds. The van der Waals surface area contributed by atoms with Crippen LogP contribution in [0.5, 0.6) is 0 Å². The summed E-state index contributed by atoms with van der Waals surface area (Å²) in [5.41, 5.74) is 6.60. The van der Waals surface area contributed by atoms with Gasteiger partial charge >= 0.3 is 5.69 Å². The minimum Gasteiger partial charge on any atom is -0.323 e. The van der Waals surface area contributed by atoms with Gasteiger partial charge in [0.25, 0.3) is 0 Å². The maximum atomic E-state index is 11.4. The van der Waals surface area contributed by atoms with E-state index in [2.05, 4.69) is 15.2 Å². The Hall–Kier alpha value is -1.60. The zero-order valence-corrected chi connectivity index (χ0v) is 11.8. The van der Waals surface area contributed by atoms with E-state index in [0.717, 1.165) is 17.0 Å². The van der Waals surface area contributed by atoms with Gasteiger partial charge in [0.2, 0.25) is 0 Å². The normalized spacial score (nSPS) is 12.6. The fraction of sp³-hybridized carbons (Fsp3) is 0.417. The number of hydrogen-bond donors (Lipinski definition) is 2.